The van der Waals surface area contributed by atoms with Gasteiger partial charge in [-0.2, -0.15) is 0 Å². The van der Waals surface area contributed by atoms with Crippen molar-refractivity contribution in [3.63, 3.8) is 0 Å². The fraction of sp³-hybridized carbons (Fsp3) is 0.388. The van der Waals surface area contributed by atoms with Crippen LogP contribution in [0.1, 0.15) is 126 Å². The number of amides is 6. The summed E-state index contributed by atoms with van der Waals surface area (Å²) in [6.45, 7) is 6.21. The molecule has 2 aromatic heterocycles. The lowest BCUT2D eigenvalue weighted by Crippen LogP contribution is -2.52. The minimum absolute atomic E-state index is 0.0161. The van der Waals surface area contributed by atoms with E-state index in [9.17, 15) is 53.1 Å². The van der Waals surface area contributed by atoms with Crippen LogP contribution in [0.4, 0.5) is 5.69 Å². The lowest BCUT2D eigenvalue weighted by Gasteiger charge is -2.29. The number of nitrogens with one attached hydrogen (secondary N) is 2. The van der Waals surface area contributed by atoms with Gasteiger partial charge in [0.2, 0.25) is 46.8 Å². The molecule has 2 aromatic carbocycles. The molecule has 2 atom stereocenters. The number of piperidine rings is 2. The second kappa shape index (κ2) is 19.8. The number of aryl methyl sites for hydroxylation is 3. The molecule has 6 heterocycles. The highest BCUT2D eigenvalue weighted by Crippen LogP contribution is 2.36. The Bertz CT molecular complexity index is 2730. The lowest BCUT2D eigenvalue weighted by molar-refractivity contribution is -0.138. The predicted octanol–water partition coefficient (Wildman–Crippen LogP) is 4.43. The molecular weight excluding hydrogens is 899 g/mol. The van der Waals surface area contributed by atoms with Gasteiger partial charge < -0.3 is 19.8 Å². The first-order valence-electron chi connectivity index (χ1n) is 21.9. The summed E-state index contributed by atoms with van der Waals surface area (Å²) in [5.41, 5.74) is 5.65. The van der Waals surface area contributed by atoms with Gasteiger partial charge in [-0.1, -0.05) is 50.2 Å². The first-order chi connectivity index (χ1) is 31.8. The largest absolute Gasteiger partial charge is 0.395 e. The number of benzene rings is 2. The first kappa shape index (κ1) is 48.4. The highest BCUT2D eigenvalue weighted by Gasteiger charge is 2.42. The van der Waals surface area contributed by atoms with Crippen LogP contribution in [0.25, 0.3) is 0 Å². The van der Waals surface area contributed by atoms with Gasteiger partial charge in [0.1, 0.15) is 12.1 Å². The van der Waals surface area contributed by atoms with Gasteiger partial charge in [-0.3, -0.25) is 58.6 Å². The van der Waals surface area contributed by atoms with Gasteiger partial charge in [0.05, 0.1) is 17.7 Å². The first-order valence-corrected chi connectivity index (χ1v) is 23.7. The fourth-order valence-corrected chi connectivity index (χ4v) is 10.7. The third-order valence-corrected chi connectivity index (χ3v) is 14.9. The number of hydrogen-bond acceptors (Lipinski definition) is 14. The van der Waals surface area contributed by atoms with Gasteiger partial charge in [0, 0.05) is 95.6 Å². The molecule has 0 radical (unpaired) electrons. The summed E-state index contributed by atoms with van der Waals surface area (Å²) in [5.74, 6) is -4.14. The van der Waals surface area contributed by atoms with E-state index in [0.29, 0.717) is 47.9 Å². The third kappa shape index (κ3) is 10.1. The van der Waals surface area contributed by atoms with Crippen molar-refractivity contribution in [3.05, 3.63) is 107 Å². The maximum Gasteiger partial charge on any atom is 0.256 e. The monoisotopic (exact) mass is 949 g/mol. The average molecular weight is 950 g/mol. The van der Waals surface area contributed by atoms with Crippen LogP contribution in [0.2, 0.25) is 0 Å². The van der Waals surface area contributed by atoms with Crippen molar-refractivity contribution in [2.75, 3.05) is 25.6 Å². The summed E-state index contributed by atoms with van der Waals surface area (Å²) < 4.78 is 0. The summed E-state index contributed by atoms with van der Waals surface area (Å²) >= 11 is 2.76. The summed E-state index contributed by atoms with van der Waals surface area (Å²) in [6, 6.07) is 10.6. The Hall–Kier alpha value is -6.50. The van der Waals surface area contributed by atoms with Crippen LogP contribution in [0.5, 0.6) is 0 Å². The molecule has 4 aliphatic rings. The summed E-state index contributed by atoms with van der Waals surface area (Å²) in [5, 5.41) is 17.5. The van der Waals surface area contributed by atoms with E-state index in [-0.39, 0.29) is 69.0 Å². The number of anilines is 1. The van der Waals surface area contributed by atoms with Gasteiger partial charge in [-0.15, -0.1) is 22.7 Å². The Labute approximate surface area is 394 Å². The number of aliphatic hydroxyl groups is 1. The molecule has 4 aromatic rings. The number of ketones is 4. The van der Waals surface area contributed by atoms with Crippen molar-refractivity contribution in [2.45, 2.75) is 103 Å². The zero-order valence-corrected chi connectivity index (χ0v) is 39.4. The Morgan fingerprint density at radius 3 is 1.58 bits per heavy atom. The Balaban J connectivity index is 0.000000199. The number of hydrogen-bond donors (Lipinski definition) is 3. The van der Waals surface area contributed by atoms with E-state index >= 15 is 0 Å². The van der Waals surface area contributed by atoms with E-state index in [2.05, 4.69) is 10.6 Å². The molecule has 0 saturated carbocycles. The number of thiophene rings is 2. The molecule has 0 spiro atoms. The third-order valence-electron chi connectivity index (χ3n) is 12.7. The van der Waals surface area contributed by atoms with Crippen LogP contribution >= 0.6 is 22.7 Å². The molecule has 4 aliphatic heterocycles. The number of carbonyl (C=O) groups is 10. The molecule has 3 N–H and O–H groups in total. The number of imide groups is 2. The zero-order chi connectivity index (χ0) is 48.5. The topological polar surface area (TPSA) is 225 Å². The lowest BCUT2D eigenvalue weighted by atomic mass is 9.85. The molecule has 2 fully saturated rings. The average Bonchev–Trinajstić information content (AvgIpc) is 4.07. The maximum absolute atomic E-state index is 12.8. The van der Waals surface area contributed by atoms with Gasteiger partial charge >= 0.3 is 0 Å². The number of aliphatic hydroxyl groups excluding tert-OH is 1. The summed E-state index contributed by atoms with van der Waals surface area (Å²) in [7, 11) is 3.77. The zero-order valence-electron chi connectivity index (χ0n) is 37.8. The van der Waals surface area contributed by atoms with Crippen molar-refractivity contribution in [3.8, 4) is 0 Å². The van der Waals surface area contributed by atoms with Crippen LogP contribution in [-0.2, 0) is 60.1 Å². The van der Waals surface area contributed by atoms with Crippen LogP contribution < -0.4 is 15.5 Å². The number of Topliss-reactive ketones (excluding diaryl/α,β-unsaturated/α-hetero) is 4. The molecule has 0 aliphatic carbocycles. The molecule has 6 amide bonds. The van der Waals surface area contributed by atoms with Crippen molar-refractivity contribution >= 4 is 86.9 Å². The van der Waals surface area contributed by atoms with Gasteiger partial charge in [-0.25, -0.2) is 0 Å². The number of fused-ring (bicyclic) bond motifs is 2. The quantitative estimate of drug-likeness (QED) is 0.0856. The van der Waals surface area contributed by atoms with E-state index in [1.807, 2.05) is 45.8 Å². The summed E-state index contributed by atoms with van der Waals surface area (Å²) in [6.07, 6.45) is 1.73. The second-order valence-electron chi connectivity index (χ2n) is 17.9. The molecule has 2 saturated heterocycles. The van der Waals surface area contributed by atoms with Crippen LogP contribution in [0.15, 0.2) is 53.2 Å². The molecular formula is C49H51N5O11S2. The predicted molar refractivity (Wildman–Crippen MR) is 248 cm³/mol. The molecule has 2 unspecified atom stereocenters. The van der Waals surface area contributed by atoms with E-state index in [1.54, 1.807) is 47.2 Å². The van der Waals surface area contributed by atoms with E-state index < -0.39 is 52.4 Å². The molecule has 18 heteroatoms. The molecule has 350 valence electrons. The minimum Gasteiger partial charge on any atom is -0.395 e. The molecule has 67 heavy (non-hydrogen) atoms. The van der Waals surface area contributed by atoms with Crippen molar-refractivity contribution in [1.29, 1.82) is 0 Å². The van der Waals surface area contributed by atoms with Crippen molar-refractivity contribution in [1.82, 2.24) is 20.4 Å². The standard InChI is InChI=1S/C25H26N2O6S.C24H25N3O5S/c1-25(2,13-28)15-5-3-14(4-6-15)22(31)19(29)8-9-20-16-11-27(24(33)17(16)12-34-20)18-7-10-21(30)26-23(18)32;1-13-4-5-14(10-18(13)26(2)3)22(30)19(28)7-8-20-15-11-27(24(32)16(15)12-33-20)17-6-9-21(29)25-23(17)31/h3-6,12,18,28H,7-11,13H2,1-2H3,(H,26,30,32);4-5,10,12,17H,6-9,11H2,1-3H3,(H,25,29,31). The SMILES string of the molecule is CC(C)(CO)c1ccc(C(=O)C(=O)CCc2scc3c2CN(C2CCC(=O)NC2=O)C3=O)cc1.Cc1ccc(C(=O)C(=O)CCc2scc3c2CN(C2CCC(=O)NC2=O)C3=O)cc1N(C)C. The highest BCUT2D eigenvalue weighted by atomic mass is 32.1. The van der Waals surface area contributed by atoms with E-state index in [4.69, 9.17) is 0 Å². The maximum atomic E-state index is 12.8. The fourth-order valence-electron chi connectivity index (χ4n) is 8.63. The smallest absolute Gasteiger partial charge is 0.256 e. The molecule has 16 nitrogen and oxygen atoms in total. The Morgan fingerprint density at radius 1 is 0.701 bits per heavy atom. The van der Waals surface area contributed by atoms with Gasteiger partial charge in [-0.05, 0) is 60.9 Å². The second-order valence-corrected chi connectivity index (χ2v) is 19.9. The Kier molecular flexibility index (Phi) is 14.3. The highest BCUT2D eigenvalue weighted by molar-refractivity contribution is 7.10. The minimum atomic E-state index is -0.683. The van der Waals surface area contributed by atoms with Gasteiger partial charge in [0.15, 0.2) is 0 Å². The van der Waals surface area contributed by atoms with Crippen molar-refractivity contribution < 1.29 is 53.1 Å². The van der Waals surface area contributed by atoms with Crippen LogP contribution in [-0.4, -0.2) is 106 Å². The number of carbonyl (C=O) groups excluding carboxylic acids is 10. The normalized spacial score (nSPS) is 17.9. The molecule has 0 bridgehead atoms. The Morgan fingerprint density at radius 2 is 1.15 bits per heavy atom. The van der Waals surface area contributed by atoms with Crippen LogP contribution in [0, 0.1) is 6.92 Å². The summed E-state index contributed by atoms with van der Waals surface area (Å²) in [4.78, 5) is 130. The van der Waals surface area contributed by atoms with Crippen molar-refractivity contribution in [2.24, 2.45) is 0 Å². The van der Waals surface area contributed by atoms with E-state index in [0.717, 1.165) is 37.7 Å². The number of rotatable bonds is 15. The molecule has 8 rings (SSSR count). The van der Waals surface area contributed by atoms with Crippen LogP contribution in [0.3, 0.4) is 0 Å². The van der Waals surface area contributed by atoms with E-state index in [1.165, 1.54) is 32.5 Å². The van der Waals surface area contributed by atoms with Gasteiger partial charge in [0.25, 0.3) is 11.8 Å². The number of nitrogens with zero attached hydrogens (tertiary/aromatic N) is 3.